The fourth-order valence-electron chi connectivity index (χ4n) is 4.50. The van der Waals surface area contributed by atoms with Crippen molar-refractivity contribution in [2.24, 2.45) is 0 Å². The molecule has 3 aromatic rings. The van der Waals surface area contributed by atoms with Crippen molar-refractivity contribution in [2.75, 3.05) is 6.61 Å². The van der Waals surface area contributed by atoms with Crippen molar-refractivity contribution in [2.45, 2.75) is 31.5 Å². The van der Waals surface area contributed by atoms with Crippen LogP contribution in [0.15, 0.2) is 78.9 Å². The van der Waals surface area contributed by atoms with Crippen LogP contribution in [0, 0.1) is 0 Å². The van der Waals surface area contributed by atoms with Crippen molar-refractivity contribution < 1.29 is 9.53 Å². The Labute approximate surface area is 165 Å². The number of carbonyl (C=O) groups excluding carboxylic acids is 1. The first-order chi connectivity index (χ1) is 13.8. The number of likely N-dealkylation sites (tertiary alicyclic amines) is 1. The normalized spacial score (nSPS) is 17.9. The third kappa shape index (κ3) is 2.92. The van der Waals surface area contributed by atoms with Gasteiger partial charge in [-0.2, -0.15) is 0 Å². The van der Waals surface area contributed by atoms with Crippen LogP contribution in [-0.4, -0.2) is 23.5 Å². The van der Waals surface area contributed by atoms with Gasteiger partial charge in [0.15, 0.2) is 0 Å². The van der Waals surface area contributed by atoms with Crippen LogP contribution in [0.4, 0.5) is 0 Å². The van der Waals surface area contributed by atoms with Gasteiger partial charge in [0.1, 0.15) is 0 Å². The summed E-state index contributed by atoms with van der Waals surface area (Å²) in [5.74, 6) is 0.240. The molecule has 1 aliphatic carbocycles. The van der Waals surface area contributed by atoms with E-state index < -0.39 is 0 Å². The number of benzene rings is 3. The summed E-state index contributed by atoms with van der Waals surface area (Å²) in [5.41, 5.74) is 6.17. The van der Waals surface area contributed by atoms with E-state index in [0.29, 0.717) is 19.6 Å². The van der Waals surface area contributed by atoms with Crippen molar-refractivity contribution in [1.82, 2.24) is 4.90 Å². The first-order valence-electron chi connectivity index (χ1n) is 9.94. The Bertz CT molecular complexity index is 953. The van der Waals surface area contributed by atoms with Crippen molar-refractivity contribution >= 4 is 5.91 Å². The largest absolute Gasteiger partial charge is 0.377 e. The third-order valence-electron chi connectivity index (χ3n) is 5.88. The lowest BCUT2D eigenvalue weighted by molar-refractivity contribution is -0.149. The second-order valence-electron chi connectivity index (χ2n) is 7.56. The minimum Gasteiger partial charge on any atom is -0.377 e. The molecule has 0 spiro atoms. The first kappa shape index (κ1) is 17.2. The zero-order chi connectivity index (χ0) is 18.9. The maximum atomic E-state index is 12.6. The van der Waals surface area contributed by atoms with Crippen LogP contribution >= 0.6 is 0 Å². The minimum atomic E-state index is 0.0350. The second kappa shape index (κ2) is 7.25. The van der Waals surface area contributed by atoms with Crippen LogP contribution in [0.5, 0.6) is 0 Å². The Balaban J connectivity index is 1.31. The molecule has 2 aliphatic rings. The highest BCUT2D eigenvalue weighted by molar-refractivity contribution is 5.87. The molecule has 0 radical (unpaired) electrons. The van der Waals surface area contributed by atoms with Crippen LogP contribution in [0.1, 0.15) is 35.6 Å². The van der Waals surface area contributed by atoms with Gasteiger partial charge in [0.2, 0.25) is 5.91 Å². The molecule has 1 unspecified atom stereocenters. The Morgan fingerprint density at radius 2 is 1.43 bits per heavy atom. The fourth-order valence-corrected chi connectivity index (χ4v) is 4.50. The van der Waals surface area contributed by atoms with Gasteiger partial charge in [-0.25, -0.2) is 0 Å². The smallest absolute Gasteiger partial charge is 0.225 e. The zero-order valence-electron chi connectivity index (χ0n) is 15.8. The lowest BCUT2D eigenvalue weighted by atomic mass is 9.91. The highest BCUT2D eigenvalue weighted by Crippen LogP contribution is 2.49. The van der Waals surface area contributed by atoms with E-state index in [1.165, 1.54) is 27.8 Å². The Hall–Kier alpha value is -2.91. The van der Waals surface area contributed by atoms with E-state index in [1.54, 1.807) is 0 Å². The molecule has 0 aromatic heterocycles. The third-order valence-corrected chi connectivity index (χ3v) is 5.88. The monoisotopic (exact) mass is 369 g/mol. The molecule has 140 valence electrons. The van der Waals surface area contributed by atoms with Gasteiger partial charge < -0.3 is 9.64 Å². The van der Waals surface area contributed by atoms with Gasteiger partial charge in [-0.3, -0.25) is 4.79 Å². The van der Waals surface area contributed by atoms with Crippen LogP contribution in [0.25, 0.3) is 11.1 Å². The van der Waals surface area contributed by atoms with E-state index in [4.69, 9.17) is 4.74 Å². The van der Waals surface area contributed by atoms with Crippen molar-refractivity contribution in [3.05, 3.63) is 95.6 Å². The molecule has 0 bridgehead atoms. The number of amides is 1. The molecule has 1 atom stereocenters. The number of nitrogens with zero attached hydrogens (tertiary/aromatic N) is 1. The molecule has 1 aliphatic heterocycles. The van der Waals surface area contributed by atoms with E-state index in [1.807, 2.05) is 18.2 Å². The summed E-state index contributed by atoms with van der Waals surface area (Å²) < 4.78 is 5.87. The molecule has 3 nitrogen and oxygen atoms in total. The first-order valence-corrected chi connectivity index (χ1v) is 9.94. The van der Waals surface area contributed by atoms with Crippen LogP contribution in [0.3, 0.4) is 0 Å². The Morgan fingerprint density at radius 1 is 0.821 bits per heavy atom. The molecule has 0 saturated carbocycles. The minimum absolute atomic E-state index is 0.0350. The Morgan fingerprint density at radius 3 is 2.07 bits per heavy atom. The van der Waals surface area contributed by atoms with Crippen molar-refractivity contribution in [3.63, 3.8) is 0 Å². The van der Waals surface area contributed by atoms with Crippen LogP contribution in [-0.2, 0) is 16.1 Å². The van der Waals surface area contributed by atoms with Crippen molar-refractivity contribution in [3.8, 4) is 11.1 Å². The molecular formula is C25H23NO2. The summed E-state index contributed by atoms with van der Waals surface area (Å²) in [6, 6.07) is 27.4. The number of hydrogen-bond donors (Lipinski definition) is 0. The summed E-state index contributed by atoms with van der Waals surface area (Å²) in [5, 5.41) is 0. The van der Waals surface area contributed by atoms with E-state index in [-0.39, 0.29) is 18.0 Å². The number of hydrogen-bond acceptors (Lipinski definition) is 2. The predicted octanol–water partition coefficient (Wildman–Crippen LogP) is 4.96. The molecule has 1 fully saturated rings. The predicted molar refractivity (Wildman–Crippen MR) is 110 cm³/mol. The summed E-state index contributed by atoms with van der Waals surface area (Å²) in [6.45, 7) is 1.29. The van der Waals surface area contributed by atoms with Gasteiger partial charge in [-0.15, -0.1) is 0 Å². The number of ether oxygens (including phenoxy) is 1. The zero-order valence-corrected chi connectivity index (χ0v) is 15.8. The molecule has 0 N–H and O–H groups in total. The Kier molecular flexibility index (Phi) is 4.46. The molecule has 3 aromatic carbocycles. The average molecular weight is 369 g/mol. The number of fused-ring (bicyclic) bond motifs is 3. The molecule has 1 heterocycles. The van der Waals surface area contributed by atoms with Gasteiger partial charge in [0.05, 0.1) is 12.6 Å². The quantitative estimate of drug-likeness (QED) is 0.454. The lowest BCUT2D eigenvalue weighted by Gasteiger charge is -2.45. The van der Waals surface area contributed by atoms with Gasteiger partial charge in [0, 0.05) is 19.1 Å². The molecule has 3 heteroatoms. The standard InChI is InChI=1S/C25H23NO2/c27-24-16-19(14-15-28-17-18-8-2-1-3-9-18)26(24)25-22-12-6-4-10-20(22)21-11-5-7-13-23(21)25/h1-13,19,25H,14-17H2. The number of carbonyl (C=O) groups is 1. The van der Waals surface area contributed by atoms with Crippen LogP contribution < -0.4 is 0 Å². The molecule has 28 heavy (non-hydrogen) atoms. The van der Waals surface area contributed by atoms with E-state index >= 15 is 0 Å². The lowest BCUT2D eigenvalue weighted by Crippen LogP contribution is -2.54. The summed E-state index contributed by atoms with van der Waals surface area (Å²) in [4.78, 5) is 14.7. The number of β-lactam (4-membered cyclic amide) rings is 1. The van der Waals surface area contributed by atoms with Gasteiger partial charge in [0.25, 0.3) is 0 Å². The maximum absolute atomic E-state index is 12.6. The highest BCUT2D eigenvalue weighted by Gasteiger charge is 2.44. The SMILES string of the molecule is O=C1CC(CCOCc2ccccc2)N1C1c2ccccc2-c2ccccc21. The van der Waals surface area contributed by atoms with Gasteiger partial charge in [-0.1, -0.05) is 78.9 Å². The van der Waals surface area contributed by atoms with E-state index in [0.717, 1.165) is 6.42 Å². The van der Waals surface area contributed by atoms with Gasteiger partial charge in [-0.05, 0) is 34.2 Å². The maximum Gasteiger partial charge on any atom is 0.225 e. The average Bonchev–Trinajstić information content (AvgIpc) is 3.05. The molecule has 5 rings (SSSR count). The molecular weight excluding hydrogens is 346 g/mol. The van der Waals surface area contributed by atoms with Gasteiger partial charge >= 0.3 is 0 Å². The number of rotatable bonds is 6. The summed E-state index contributed by atoms with van der Waals surface area (Å²) in [7, 11) is 0. The second-order valence-corrected chi connectivity index (χ2v) is 7.56. The van der Waals surface area contributed by atoms with Crippen molar-refractivity contribution in [1.29, 1.82) is 0 Å². The highest BCUT2D eigenvalue weighted by atomic mass is 16.5. The molecule has 1 saturated heterocycles. The van der Waals surface area contributed by atoms with Crippen LogP contribution in [0.2, 0.25) is 0 Å². The summed E-state index contributed by atoms with van der Waals surface area (Å²) >= 11 is 0. The topological polar surface area (TPSA) is 29.5 Å². The fraction of sp³-hybridized carbons (Fsp3) is 0.240. The summed E-state index contributed by atoms with van der Waals surface area (Å²) in [6.07, 6.45) is 1.49. The van der Waals surface area contributed by atoms with E-state index in [2.05, 4.69) is 65.6 Å². The van der Waals surface area contributed by atoms with E-state index in [9.17, 15) is 4.79 Å². The molecule has 1 amide bonds.